The molecule has 3 aromatic carbocycles. The average Bonchev–Trinajstić information content (AvgIpc) is 3.30. The lowest BCUT2D eigenvalue weighted by atomic mass is 9.95. The van der Waals surface area contributed by atoms with Crippen LogP contribution in [0, 0.1) is 0 Å². The van der Waals surface area contributed by atoms with Gasteiger partial charge in [0.05, 0.1) is 0 Å². The number of piperazine rings is 1. The molecule has 1 saturated heterocycles. The molecule has 5 rings (SSSR count). The third kappa shape index (κ3) is 4.33. The summed E-state index contributed by atoms with van der Waals surface area (Å²) in [6, 6.07) is 26.0. The van der Waals surface area contributed by atoms with Gasteiger partial charge in [0.1, 0.15) is 32.7 Å². The Kier molecular flexibility index (Phi) is 5.69. The molecule has 2 aliphatic heterocycles. The summed E-state index contributed by atoms with van der Waals surface area (Å²) >= 11 is 0. The highest BCUT2D eigenvalue weighted by Crippen LogP contribution is 2.32. The van der Waals surface area contributed by atoms with Gasteiger partial charge in [-0.05, 0) is 18.2 Å². The van der Waals surface area contributed by atoms with Crippen LogP contribution >= 0.6 is 0 Å². The molecule has 0 aliphatic carbocycles. The van der Waals surface area contributed by atoms with E-state index in [2.05, 4.69) is 24.3 Å². The standard InChI is InChI=1S/C26H26N2O3/c29-26(22-9-5-2-6-10-22)25(21-7-3-1-4-8-21)28-15-13-27(14-16-28)18-20-11-12-23-24(17-20)31-19-30-23/h1-12,17,25H,13-16,18-19H2/p+2/t25-/m0/s1. The van der Waals surface area contributed by atoms with Gasteiger partial charge < -0.3 is 19.3 Å². The van der Waals surface area contributed by atoms with Crippen LogP contribution in [-0.4, -0.2) is 38.8 Å². The molecule has 0 radical (unpaired) electrons. The number of quaternary nitrogens is 2. The smallest absolute Gasteiger partial charge is 0.231 e. The van der Waals surface area contributed by atoms with Crippen LogP contribution in [0.4, 0.5) is 0 Å². The normalized spacial score (nSPS) is 20.9. The Labute approximate surface area is 182 Å². The number of carbonyl (C=O) groups is 1. The number of carbonyl (C=O) groups excluding carboxylic acids is 1. The van der Waals surface area contributed by atoms with Crippen molar-refractivity contribution in [2.75, 3.05) is 33.0 Å². The molecule has 2 N–H and O–H groups in total. The van der Waals surface area contributed by atoms with Gasteiger partial charge in [0.2, 0.25) is 12.6 Å². The number of rotatable bonds is 6. The van der Waals surface area contributed by atoms with Crippen molar-refractivity contribution in [2.45, 2.75) is 12.6 Å². The molecule has 0 bridgehead atoms. The van der Waals surface area contributed by atoms with Crippen molar-refractivity contribution in [1.82, 2.24) is 0 Å². The summed E-state index contributed by atoms with van der Waals surface area (Å²) in [5, 5.41) is 0. The summed E-state index contributed by atoms with van der Waals surface area (Å²) < 4.78 is 10.9. The molecule has 0 unspecified atom stereocenters. The fraction of sp³-hybridized carbons (Fsp3) is 0.269. The van der Waals surface area contributed by atoms with Gasteiger partial charge in [-0.2, -0.15) is 0 Å². The largest absolute Gasteiger partial charge is 0.454 e. The summed E-state index contributed by atoms with van der Waals surface area (Å²) in [7, 11) is 0. The maximum absolute atomic E-state index is 13.5. The molecular formula is C26H28N2O3+2. The van der Waals surface area contributed by atoms with Crippen LogP contribution in [0.25, 0.3) is 0 Å². The molecule has 2 heterocycles. The van der Waals surface area contributed by atoms with Crippen molar-refractivity contribution in [1.29, 1.82) is 0 Å². The molecule has 1 fully saturated rings. The fourth-order valence-corrected chi connectivity index (χ4v) is 4.72. The van der Waals surface area contributed by atoms with E-state index in [1.54, 1.807) is 4.90 Å². The van der Waals surface area contributed by atoms with Gasteiger partial charge in [0.15, 0.2) is 17.5 Å². The lowest BCUT2D eigenvalue weighted by Gasteiger charge is -2.34. The summed E-state index contributed by atoms with van der Waals surface area (Å²) in [5.74, 6) is 1.89. The van der Waals surface area contributed by atoms with Crippen molar-refractivity contribution >= 4 is 5.78 Å². The number of benzene rings is 3. The molecule has 5 heteroatoms. The minimum atomic E-state index is -0.157. The second kappa shape index (κ2) is 8.92. The fourth-order valence-electron chi connectivity index (χ4n) is 4.72. The van der Waals surface area contributed by atoms with Crippen molar-refractivity contribution in [3.8, 4) is 11.5 Å². The molecule has 158 valence electrons. The zero-order chi connectivity index (χ0) is 21.0. The molecule has 2 aliphatic rings. The monoisotopic (exact) mass is 416 g/mol. The van der Waals surface area contributed by atoms with Crippen molar-refractivity contribution in [3.63, 3.8) is 0 Å². The van der Waals surface area contributed by atoms with Crippen LogP contribution in [-0.2, 0) is 6.54 Å². The third-order valence-corrected chi connectivity index (χ3v) is 6.35. The van der Waals surface area contributed by atoms with Gasteiger partial charge >= 0.3 is 0 Å². The van der Waals surface area contributed by atoms with E-state index in [-0.39, 0.29) is 11.8 Å². The second-order valence-corrected chi connectivity index (χ2v) is 8.35. The van der Waals surface area contributed by atoms with Crippen LogP contribution in [0.1, 0.15) is 27.5 Å². The third-order valence-electron chi connectivity index (χ3n) is 6.35. The molecule has 31 heavy (non-hydrogen) atoms. The van der Waals surface area contributed by atoms with Crippen LogP contribution in [0.15, 0.2) is 78.9 Å². The predicted molar refractivity (Wildman–Crippen MR) is 118 cm³/mol. The van der Waals surface area contributed by atoms with Crippen LogP contribution < -0.4 is 19.3 Å². The Morgan fingerprint density at radius 1 is 0.806 bits per heavy atom. The Bertz CT molecular complexity index is 1030. The molecule has 3 aromatic rings. The molecular weight excluding hydrogens is 388 g/mol. The van der Waals surface area contributed by atoms with Crippen LogP contribution in [0.5, 0.6) is 11.5 Å². The number of nitrogens with one attached hydrogen (secondary N) is 2. The summed E-state index contributed by atoms with van der Waals surface area (Å²) in [5.41, 5.74) is 3.16. The lowest BCUT2D eigenvalue weighted by molar-refractivity contribution is -1.03. The number of ether oxygens (including phenoxy) is 2. The Balaban J connectivity index is 1.29. The molecule has 0 amide bonds. The Morgan fingerprint density at radius 3 is 2.23 bits per heavy atom. The Morgan fingerprint density at radius 2 is 1.48 bits per heavy atom. The number of ketones is 1. The SMILES string of the molecule is O=C(c1ccccc1)[C@H](c1ccccc1)[NH+]1CC[NH+](Cc2ccc3c(c2)OCO3)CC1. The number of Topliss-reactive ketones (excluding diaryl/α,β-unsaturated/α-hetero) is 1. The van der Waals surface area contributed by atoms with E-state index in [4.69, 9.17) is 9.47 Å². The minimum absolute atomic E-state index is 0.157. The van der Waals surface area contributed by atoms with Gasteiger partial charge in [0, 0.05) is 16.7 Å². The first-order valence-electron chi connectivity index (χ1n) is 11.0. The zero-order valence-electron chi connectivity index (χ0n) is 17.6. The maximum atomic E-state index is 13.5. The lowest BCUT2D eigenvalue weighted by Crippen LogP contribution is -3.28. The van der Waals surface area contributed by atoms with E-state index in [0.29, 0.717) is 6.79 Å². The minimum Gasteiger partial charge on any atom is -0.454 e. The van der Waals surface area contributed by atoms with Gasteiger partial charge in [-0.15, -0.1) is 0 Å². The van der Waals surface area contributed by atoms with E-state index in [1.807, 2.05) is 54.6 Å². The van der Waals surface area contributed by atoms with Crippen LogP contribution in [0.2, 0.25) is 0 Å². The van der Waals surface area contributed by atoms with Gasteiger partial charge in [-0.25, -0.2) is 0 Å². The summed E-state index contributed by atoms with van der Waals surface area (Å²) in [6.45, 7) is 5.29. The van der Waals surface area contributed by atoms with Crippen molar-refractivity contribution < 1.29 is 24.1 Å². The number of hydrogen-bond acceptors (Lipinski definition) is 3. The number of fused-ring (bicyclic) bond motifs is 1. The molecule has 5 nitrogen and oxygen atoms in total. The zero-order valence-corrected chi connectivity index (χ0v) is 17.6. The average molecular weight is 417 g/mol. The van der Waals surface area contributed by atoms with E-state index in [1.165, 1.54) is 10.5 Å². The maximum Gasteiger partial charge on any atom is 0.231 e. The van der Waals surface area contributed by atoms with E-state index in [9.17, 15) is 4.79 Å². The molecule has 0 spiro atoms. The topological polar surface area (TPSA) is 44.4 Å². The summed E-state index contributed by atoms with van der Waals surface area (Å²) in [6.07, 6.45) is 0. The van der Waals surface area contributed by atoms with Gasteiger partial charge in [0.25, 0.3) is 0 Å². The first-order chi connectivity index (χ1) is 15.3. The predicted octanol–water partition coefficient (Wildman–Crippen LogP) is 1.32. The quantitative estimate of drug-likeness (QED) is 0.596. The highest BCUT2D eigenvalue weighted by atomic mass is 16.7. The molecule has 0 aromatic heterocycles. The van der Waals surface area contributed by atoms with E-state index >= 15 is 0 Å². The molecule has 1 atom stereocenters. The van der Waals surface area contributed by atoms with Crippen LogP contribution in [0.3, 0.4) is 0 Å². The second-order valence-electron chi connectivity index (χ2n) is 8.35. The molecule has 0 saturated carbocycles. The van der Waals surface area contributed by atoms with Crippen molar-refractivity contribution in [2.24, 2.45) is 0 Å². The van der Waals surface area contributed by atoms with Crippen molar-refractivity contribution in [3.05, 3.63) is 95.6 Å². The van der Waals surface area contributed by atoms with E-state index in [0.717, 1.165) is 55.3 Å². The van der Waals surface area contributed by atoms with Gasteiger partial charge in [-0.1, -0.05) is 60.7 Å². The first kappa shape index (κ1) is 19.8. The number of hydrogen-bond donors (Lipinski definition) is 2. The highest BCUT2D eigenvalue weighted by molar-refractivity contribution is 5.99. The van der Waals surface area contributed by atoms with Gasteiger partial charge in [-0.3, -0.25) is 4.79 Å². The first-order valence-corrected chi connectivity index (χ1v) is 11.0. The Hall–Kier alpha value is -3.15. The summed E-state index contributed by atoms with van der Waals surface area (Å²) in [4.78, 5) is 16.4. The van der Waals surface area contributed by atoms with E-state index < -0.39 is 0 Å². The highest BCUT2D eigenvalue weighted by Gasteiger charge is 2.36.